The number of rotatable bonds is 7. The van der Waals surface area contributed by atoms with Gasteiger partial charge in [0, 0.05) is 33.3 Å². The van der Waals surface area contributed by atoms with Crippen LogP contribution in [-0.2, 0) is 11.3 Å². The standard InChI is InChI=1S/C17H27N3O3/c1-19-9-8-15(13-19)20(2)17(21)18-12-14-4-6-16(7-5-14)23-11-10-22-3/h4-7,15H,8-13H2,1-3H3,(H,18,21)/t15-/m0/s1. The van der Waals surface area contributed by atoms with Crippen molar-refractivity contribution in [3.8, 4) is 5.75 Å². The first-order valence-corrected chi connectivity index (χ1v) is 8.00. The molecule has 23 heavy (non-hydrogen) atoms. The lowest BCUT2D eigenvalue weighted by Gasteiger charge is -2.24. The van der Waals surface area contributed by atoms with Gasteiger partial charge in [-0.3, -0.25) is 0 Å². The Labute approximate surface area is 138 Å². The molecule has 0 unspecified atom stereocenters. The Bertz CT molecular complexity index is 492. The molecule has 1 aromatic rings. The second kappa shape index (κ2) is 8.74. The van der Waals surface area contributed by atoms with Crippen LogP contribution in [0, 0.1) is 0 Å². The van der Waals surface area contributed by atoms with Crippen LogP contribution in [0.15, 0.2) is 24.3 Å². The fourth-order valence-corrected chi connectivity index (χ4v) is 2.64. The van der Waals surface area contributed by atoms with E-state index in [2.05, 4.69) is 17.3 Å². The average molecular weight is 321 g/mol. The van der Waals surface area contributed by atoms with E-state index in [-0.39, 0.29) is 6.03 Å². The van der Waals surface area contributed by atoms with E-state index in [0.29, 0.717) is 25.8 Å². The number of hydrogen-bond donors (Lipinski definition) is 1. The highest BCUT2D eigenvalue weighted by molar-refractivity contribution is 5.74. The lowest BCUT2D eigenvalue weighted by molar-refractivity contribution is 0.146. The molecule has 1 aromatic carbocycles. The summed E-state index contributed by atoms with van der Waals surface area (Å²) in [4.78, 5) is 16.3. The number of carbonyl (C=O) groups is 1. The fourth-order valence-electron chi connectivity index (χ4n) is 2.64. The highest BCUT2D eigenvalue weighted by Crippen LogP contribution is 2.14. The lowest BCUT2D eigenvalue weighted by Crippen LogP contribution is -2.44. The van der Waals surface area contributed by atoms with Gasteiger partial charge < -0.3 is 24.6 Å². The number of likely N-dealkylation sites (N-methyl/N-ethyl adjacent to an activating group) is 2. The molecule has 1 aliphatic rings. The summed E-state index contributed by atoms with van der Waals surface area (Å²) in [5.41, 5.74) is 1.05. The Kier molecular flexibility index (Phi) is 6.67. The molecule has 2 rings (SSSR count). The molecule has 2 amide bonds. The summed E-state index contributed by atoms with van der Waals surface area (Å²) >= 11 is 0. The van der Waals surface area contributed by atoms with Gasteiger partial charge in [0.25, 0.3) is 0 Å². The van der Waals surface area contributed by atoms with E-state index >= 15 is 0 Å². The molecule has 6 nitrogen and oxygen atoms in total. The van der Waals surface area contributed by atoms with Crippen LogP contribution in [0.2, 0.25) is 0 Å². The number of hydrogen-bond acceptors (Lipinski definition) is 4. The number of amides is 2. The Hall–Kier alpha value is -1.79. The average Bonchev–Trinajstić information content (AvgIpc) is 3.00. The third-order valence-corrected chi connectivity index (χ3v) is 4.16. The van der Waals surface area contributed by atoms with Crippen molar-refractivity contribution in [2.45, 2.75) is 19.0 Å². The Morgan fingerprint density at radius 1 is 1.35 bits per heavy atom. The smallest absolute Gasteiger partial charge is 0.317 e. The van der Waals surface area contributed by atoms with Gasteiger partial charge in [-0.25, -0.2) is 4.79 Å². The minimum Gasteiger partial charge on any atom is -0.491 e. The van der Waals surface area contributed by atoms with E-state index in [0.717, 1.165) is 30.8 Å². The van der Waals surface area contributed by atoms with Gasteiger partial charge in [0.1, 0.15) is 12.4 Å². The lowest BCUT2D eigenvalue weighted by atomic mass is 10.2. The highest BCUT2D eigenvalue weighted by atomic mass is 16.5. The van der Waals surface area contributed by atoms with Crippen molar-refractivity contribution in [1.29, 1.82) is 0 Å². The molecule has 1 aliphatic heterocycles. The molecule has 0 aliphatic carbocycles. The van der Waals surface area contributed by atoms with Gasteiger partial charge in [-0.05, 0) is 37.7 Å². The summed E-state index contributed by atoms with van der Waals surface area (Å²) in [6.07, 6.45) is 1.04. The second-order valence-electron chi connectivity index (χ2n) is 5.96. The van der Waals surface area contributed by atoms with Gasteiger partial charge in [0.2, 0.25) is 0 Å². The van der Waals surface area contributed by atoms with Gasteiger partial charge in [0.15, 0.2) is 0 Å². The van der Waals surface area contributed by atoms with Crippen molar-refractivity contribution in [2.75, 3.05) is 47.5 Å². The van der Waals surface area contributed by atoms with Crippen LogP contribution in [-0.4, -0.2) is 69.4 Å². The minimum atomic E-state index is -0.0225. The number of nitrogens with zero attached hydrogens (tertiary/aromatic N) is 2. The number of ether oxygens (including phenoxy) is 2. The van der Waals surface area contributed by atoms with Crippen LogP contribution in [0.1, 0.15) is 12.0 Å². The first kappa shape index (κ1) is 17.6. The SMILES string of the molecule is COCCOc1ccc(CNC(=O)N(C)[C@H]2CCN(C)C2)cc1. The molecule has 0 aromatic heterocycles. The van der Waals surface area contributed by atoms with Gasteiger partial charge in [-0.15, -0.1) is 0 Å². The summed E-state index contributed by atoms with van der Waals surface area (Å²) in [5.74, 6) is 0.809. The van der Waals surface area contributed by atoms with Crippen LogP contribution in [0.5, 0.6) is 5.75 Å². The Morgan fingerprint density at radius 2 is 2.09 bits per heavy atom. The highest BCUT2D eigenvalue weighted by Gasteiger charge is 2.26. The molecular weight excluding hydrogens is 294 g/mol. The van der Waals surface area contributed by atoms with E-state index in [1.807, 2.05) is 36.2 Å². The zero-order chi connectivity index (χ0) is 16.7. The maximum absolute atomic E-state index is 12.2. The maximum atomic E-state index is 12.2. The largest absolute Gasteiger partial charge is 0.491 e. The summed E-state index contributed by atoms with van der Waals surface area (Å²) in [7, 11) is 5.60. The van der Waals surface area contributed by atoms with Crippen LogP contribution in [0.4, 0.5) is 4.79 Å². The van der Waals surface area contributed by atoms with E-state index in [1.54, 1.807) is 7.11 Å². The van der Waals surface area contributed by atoms with Crippen LogP contribution >= 0.6 is 0 Å². The second-order valence-corrected chi connectivity index (χ2v) is 5.96. The predicted molar refractivity (Wildman–Crippen MR) is 89.7 cm³/mol. The van der Waals surface area contributed by atoms with Crippen molar-refractivity contribution in [3.63, 3.8) is 0 Å². The molecule has 1 saturated heterocycles. The summed E-state index contributed by atoms with van der Waals surface area (Å²) < 4.78 is 10.5. The number of carbonyl (C=O) groups excluding carboxylic acids is 1. The first-order valence-electron chi connectivity index (χ1n) is 8.00. The van der Waals surface area contributed by atoms with E-state index in [9.17, 15) is 4.79 Å². The predicted octanol–water partition coefficient (Wildman–Crippen LogP) is 1.56. The molecule has 0 spiro atoms. The molecule has 128 valence electrons. The fraction of sp³-hybridized carbons (Fsp3) is 0.588. The Balaban J connectivity index is 1.75. The van der Waals surface area contributed by atoms with Gasteiger partial charge in [-0.1, -0.05) is 12.1 Å². The zero-order valence-electron chi connectivity index (χ0n) is 14.2. The third kappa shape index (κ3) is 5.41. The number of methoxy groups -OCH3 is 1. The van der Waals surface area contributed by atoms with Crippen molar-refractivity contribution >= 4 is 6.03 Å². The van der Waals surface area contributed by atoms with E-state index in [1.165, 1.54) is 0 Å². The number of likely N-dealkylation sites (tertiary alicyclic amines) is 1. The molecule has 1 atom stereocenters. The van der Waals surface area contributed by atoms with E-state index < -0.39 is 0 Å². The van der Waals surface area contributed by atoms with Crippen LogP contribution < -0.4 is 10.1 Å². The van der Waals surface area contributed by atoms with Gasteiger partial charge in [0.05, 0.1) is 6.61 Å². The number of nitrogens with one attached hydrogen (secondary N) is 1. The van der Waals surface area contributed by atoms with Crippen molar-refractivity contribution in [1.82, 2.24) is 15.1 Å². The quantitative estimate of drug-likeness (QED) is 0.774. The number of urea groups is 1. The van der Waals surface area contributed by atoms with E-state index in [4.69, 9.17) is 9.47 Å². The van der Waals surface area contributed by atoms with Crippen LogP contribution in [0.3, 0.4) is 0 Å². The van der Waals surface area contributed by atoms with Crippen molar-refractivity contribution in [3.05, 3.63) is 29.8 Å². The molecule has 0 radical (unpaired) electrons. The minimum absolute atomic E-state index is 0.0225. The van der Waals surface area contributed by atoms with Crippen LogP contribution in [0.25, 0.3) is 0 Å². The first-order chi connectivity index (χ1) is 11.1. The zero-order valence-corrected chi connectivity index (χ0v) is 14.2. The Morgan fingerprint density at radius 3 is 2.70 bits per heavy atom. The van der Waals surface area contributed by atoms with Crippen molar-refractivity contribution in [2.24, 2.45) is 0 Å². The molecule has 1 fully saturated rings. The van der Waals surface area contributed by atoms with Gasteiger partial charge >= 0.3 is 6.03 Å². The van der Waals surface area contributed by atoms with Crippen molar-refractivity contribution < 1.29 is 14.3 Å². The topological polar surface area (TPSA) is 54.0 Å². The monoisotopic (exact) mass is 321 g/mol. The van der Waals surface area contributed by atoms with Gasteiger partial charge in [-0.2, -0.15) is 0 Å². The molecule has 1 N–H and O–H groups in total. The molecule has 6 heteroatoms. The molecule has 1 heterocycles. The summed E-state index contributed by atoms with van der Waals surface area (Å²) in [6, 6.07) is 8.03. The maximum Gasteiger partial charge on any atom is 0.317 e. The molecular formula is C17H27N3O3. The molecule has 0 saturated carbocycles. The summed E-state index contributed by atoms with van der Waals surface area (Å²) in [5, 5.41) is 2.97. The normalized spacial score (nSPS) is 18.0. The summed E-state index contributed by atoms with van der Waals surface area (Å²) in [6.45, 7) is 3.61. The molecule has 0 bridgehead atoms. The number of benzene rings is 1. The third-order valence-electron chi connectivity index (χ3n) is 4.16.